The average Bonchev–Trinajstić information content (AvgIpc) is 0.722. The van der Waals surface area contributed by atoms with Crippen LogP contribution in [-0.2, 0) is 10.4 Å². The summed E-state index contributed by atoms with van der Waals surface area (Å²) in [6, 6.07) is 0. The zero-order chi connectivity index (χ0) is 4.50. The molecule has 0 bridgehead atoms. The van der Waals surface area contributed by atoms with E-state index >= 15 is 0 Å². The van der Waals surface area contributed by atoms with Crippen molar-refractivity contribution in [2.24, 2.45) is 0 Å². The SMILES string of the molecule is [NH-]S(=O)(=O)F.[Na+]. The van der Waals surface area contributed by atoms with Crippen LogP contribution in [0.4, 0.5) is 3.89 Å². The zero-order valence-electron chi connectivity index (χ0n) is 3.10. The van der Waals surface area contributed by atoms with E-state index in [-0.39, 0.29) is 29.6 Å². The molecule has 1 N–H and O–H groups in total. The smallest absolute Gasteiger partial charge is 0.536 e. The maximum Gasteiger partial charge on any atom is 1.00 e. The molecule has 6 heteroatoms. The second-order valence-corrected chi connectivity index (χ2v) is 1.31. The Morgan fingerprint density at radius 2 is 1.50 bits per heavy atom. The Labute approximate surface area is 57.3 Å². The van der Waals surface area contributed by atoms with Crippen molar-refractivity contribution in [3.05, 3.63) is 5.14 Å². The first-order valence-corrected chi connectivity index (χ1v) is 2.08. The van der Waals surface area contributed by atoms with Gasteiger partial charge in [0.25, 0.3) is 0 Å². The summed E-state index contributed by atoms with van der Waals surface area (Å²) in [4.78, 5) is 0. The van der Waals surface area contributed by atoms with E-state index in [9.17, 15) is 3.89 Å². The van der Waals surface area contributed by atoms with E-state index in [1.165, 1.54) is 0 Å². The first-order chi connectivity index (χ1) is 2.00. The van der Waals surface area contributed by atoms with Crippen LogP contribution in [0.5, 0.6) is 0 Å². The summed E-state index contributed by atoms with van der Waals surface area (Å²) in [5, 5.41) is 5.24. The van der Waals surface area contributed by atoms with Gasteiger partial charge in [-0.05, 0) is 0 Å². The van der Waals surface area contributed by atoms with Crippen molar-refractivity contribution in [1.29, 1.82) is 0 Å². The molecule has 0 aromatic carbocycles. The molecule has 0 unspecified atom stereocenters. The van der Waals surface area contributed by atoms with Crippen molar-refractivity contribution in [3.8, 4) is 0 Å². The summed E-state index contributed by atoms with van der Waals surface area (Å²) in [7, 11) is -4.92. The van der Waals surface area contributed by atoms with Gasteiger partial charge in [0.2, 0.25) is 10.4 Å². The van der Waals surface area contributed by atoms with E-state index in [1.807, 2.05) is 0 Å². The number of hydrogen-bond acceptors (Lipinski definition) is 2. The molecule has 0 radical (unpaired) electrons. The largest absolute Gasteiger partial charge is 1.00 e. The maximum atomic E-state index is 10.3. The molecule has 6 heavy (non-hydrogen) atoms. The molecule has 0 heterocycles. The average molecular weight is 121 g/mol. The first-order valence-electron chi connectivity index (χ1n) is 0.692. The van der Waals surface area contributed by atoms with Gasteiger partial charge in [0.15, 0.2) is 0 Å². The molecule has 0 amide bonds. The summed E-state index contributed by atoms with van der Waals surface area (Å²) in [6.07, 6.45) is 0. The molecule has 32 valence electrons. The monoisotopic (exact) mass is 121 g/mol. The van der Waals surface area contributed by atoms with Gasteiger partial charge in [-0.15, -0.1) is 3.89 Å². The predicted molar refractivity (Wildman–Crippen MR) is 14.3 cm³/mol. The fourth-order valence-electron chi connectivity index (χ4n) is 0. The molecule has 0 aromatic heterocycles. The number of hydrogen-bond donors (Lipinski definition) is 0. The van der Waals surface area contributed by atoms with Crippen molar-refractivity contribution in [1.82, 2.24) is 0 Å². The van der Waals surface area contributed by atoms with E-state index in [0.29, 0.717) is 0 Å². The molecule has 0 fully saturated rings. The van der Waals surface area contributed by atoms with Gasteiger partial charge in [-0.2, -0.15) is 0 Å². The van der Waals surface area contributed by atoms with Crippen molar-refractivity contribution in [2.75, 3.05) is 0 Å². The predicted octanol–water partition coefficient (Wildman–Crippen LogP) is -2.74. The number of nitrogens with one attached hydrogen (secondary N) is 1. The molecule has 0 saturated carbocycles. The molecular formula is HFNNaO2S. The molecule has 0 spiro atoms. The minimum atomic E-state index is -4.92. The van der Waals surface area contributed by atoms with Crippen LogP contribution in [0.15, 0.2) is 0 Å². The third-order valence-electron chi connectivity index (χ3n) is 0. The van der Waals surface area contributed by atoms with E-state index in [1.54, 1.807) is 0 Å². The number of rotatable bonds is 0. The Morgan fingerprint density at radius 1 is 1.50 bits per heavy atom. The minimum absolute atomic E-state index is 0. The van der Waals surface area contributed by atoms with Crippen LogP contribution in [-0.4, -0.2) is 8.42 Å². The Balaban J connectivity index is 0. The second-order valence-electron chi connectivity index (χ2n) is 0.438. The Hall–Kier alpha value is 0.840. The summed E-state index contributed by atoms with van der Waals surface area (Å²) >= 11 is 0. The van der Waals surface area contributed by atoms with E-state index in [2.05, 4.69) is 0 Å². The van der Waals surface area contributed by atoms with Gasteiger partial charge < -0.3 is 5.14 Å². The van der Waals surface area contributed by atoms with E-state index < -0.39 is 10.4 Å². The summed E-state index contributed by atoms with van der Waals surface area (Å²) < 4.78 is 27.6. The molecule has 3 nitrogen and oxygen atoms in total. The van der Waals surface area contributed by atoms with Crippen molar-refractivity contribution >= 4 is 10.4 Å². The quantitative estimate of drug-likeness (QED) is 0.258. The number of halogens is 1. The van der Waals surface area contributed by atoms with Crippen LogP contribution in [0.25, 0.3) is 5.14 Å². The fraction of sp³-hybridized carbons (Fsp3) is 0. The van der Waals surface area contributed by atoms with Gasteiger partial charge in [0.05, 0.1) is 0 Å². The van der Waals surface area contributed by atoms with Crippen LogP contribution in [0.3, 0.4) is 0 Å². The van der Waals surface area contributed by atoms with Crippen molar-refractivity contribution in [3.63, 3.8) is 0 Å². The third-order valence-corrected chi connectivity index (χ3v) is 0. The molecular weight excluding hydrogens is 120 g/mol. The molecule has 0 aliphatic rings. The first kappa shape index (κ1) is 9.96. The molecule has 0 atom stereocenters. The van der Waals surface area contributed by atoms with Gasteiger partial charge >= 0.3 is 29.6 Å². The van der Waals surface area contributed by atoms with E-state index in [0.717, 1.165) is 0 Å². The topological polar surface area (TPSA) is 57.9 Å². The van der Waals surface area contributed by atoms with Crippen LogP contribution in [0.2, 0.25) is 0 Å². The van der Waals surface area contributed by atoms with Gasteiger partial charge in [0, 0.05) is 0 Å². The van der Waals surface area contributed by atoms with Crippen LogP contribution < -0.4 is 29.6 Å². The van der Waals surface area contributed by atoms with Gasteiger partial charge in [-0.3, -0.25) is 0 Å². The standard InChI is InChI=1S/FHNO2S.Na/c1-5(2,3)4;/h(H-,2,3,4);/q-1;+1. The fourth-order valence-corrected chi connectivity index (χ4v) is 0. The van der Waals surface area contributed by atoms with Crippen molar-refractivity contribution < 1.29 is 41.9 Å². The van der Waals surface area contributed by atoms with Crippen LogP contribution >= 0.6 is 0 Å². The summed E-state index contributed by atoms with van der Waals surface area (Å²) in [6.45, 7) is 0. The Kier molecular flexibility index (Phi) is 4.85. The second kappa shape index (κ2) is 2.92. The molecule has 0 aromatic rings. The van der Waals surface area contributed by atoms with Crippen molar-refractivity contribution in [2.45, 2.75) is 0 Å². The summed E-state index contributed by atoms with van der Waals surface area (Å²) in [5.74, 6) is 0. The van der Waals surface area contributed by atoms with Gasteiger partial charge in [-0.1, -0.05) is 0 Å². The Morgan fingerprint density at radius 3 is 1.50 bits per heavy atom. The van der Waals surface area contributed by atoms with Crippen LogP contribution in [0.1, 0.15) is 0 Å². The van der Waals surface area contributed by atoms with Gasteiger partial charge in [0.1, 0.15) is 0 Å². The van der Waals surface area contributed by atoms with E-state index in [4.69, 9.17) is 13.6 Å². The third kappa shape index (κ3) is 101. The molecule has 0 rings (SSSR count). The van der Waals surface area contributed by atoms with Crippen LogP contribution in [0, 0.1) is 0 Å². The molecule has 0 aliphatic heterocycles. The Bertz CT molecular complexity index is 96.7. The normalized spacial score (nSPS) is 9.67. The summed E-state index contributed by atoms with van der Waals surface area (Å²) in [5.41, 5.74) is 0. The maximum absolute atomic E-state index is 10.3. The van der Waals surface area contributed by atoms with Gasteiger partial charge in [-0.25, -0.2) is 8.42 Å². The molecule has 0 saturated heterocycles. The molecule has 0 aliphatic carbocycles. The zero-order valence-corrected chi connectivity index (χ0v) is 5.92. The minimum Gasteiger partial charge on any atom is -0.536 e.